The van der Waals surface area contributed by atoms with E-state index >= 15 is 0 Å². The minimum absolute atomic E-state index is 0.0703. The van der Waals surface area contributed by atoms with E-state index in [0.717, 1.165) is 11.1 Å². The number of hydrogen-bond donors (Lipinski definition) is 1. The highest BCUT2D eigenvalue weighted by Gasteiger charge is 2.64. The van der Waals surface area contributed by atoms with Gasteiger partial charge in [0.1, 0.15) is 6.10 Å². The van der Waals surface area contributed by atoms with Gasteiger partial charge in [0.15, 0.2) is 17.6 Å². The molecule has 2 heterocycles. The molecular formula is C19H21NO4. The summed E-state index contributed by atoms with van der Waals surface area (Å²) >= 11 is 0. The lowest BCUT2D eigenvalue weighted by atomic mass is 9.53. The Bertz CT molecular complexity index is 867. The highest BCUT2D eigenvalue weighted by Crippen LogP contribution is 2.62. The Morgan fingerprint density at radius 1 is 1.50 bits per heavy atom. The summed E-state index contributed by atoms with van der Waals surface area (Å²) in [5.74, 6) is 0.0773. The number of nitrogens with zero attached hydrogens (tertiary/aromatic N) is 1. The fraction of sp³-hybridized carbons (Fsp3) is 0.526. The molecule has 24 heavy (non-hydrogen) atoms. The van der Waals surface area contributed by atoms with E-state index in [1.807, 2.05) is 18.2 Å². The van der Waals surface area contributed by atoms with Crippen LogP contribution in [0.5, 0.6) is 11.5 Å². The number of piperidine rings is 1. The van der Waals surface area contributed by atoms with Crippen LogP contribution in [0, 0.1) is 5.92 Å². The van der Waals surface area contributed by atoms with Gasteiger partial charge in [-0.3, -0.25) is 4.79 Å². The number of phenols is 1. The lowest BCUT2D eigenvalue weighted by Gasteiger charge is -2.56. The fourth-order valence-electron chi connectivity index (χ4n) is 5.33. The summed E-state index contributed by atoms with van der Waals surface area (Å²) in [4.78, 5) is 13.2. The maximum atomic E-state index is 11.6. The maximum Gasteiger partial charge on any atom is 0.303 e. The monoisotopic (exact) mass is 330 g/mol. The van der Waals surface area contributed by atoms with Crippen molar-refractivity contribution in [1.29, 1.82) is 0 Å². The lowest BCUT2D eigenvalue weighted by molar-refractivity contribution is -0.152. The van der Waals surface area contributed by atoms with Crippen molar-refractivity contribution in [2.45, 2.75) is 43.4 Å². The molecule has 126 valence electrons. The van der Waals surface area contributed by atoms with E-state index in [2.05, 4.69) is 0 Å². The van der Waals surface area contributed by atoms with E-state index in [0.29, 0.717) is 25.1 Å². The van der Waals surface area contributed by atoms with Crippen LogP contribution in [-0.4, -0.2) is 47.7 Å². The third kappa shape index (κ3) is 1.56. The second kappa shape index (κ2) is 4.54. The molecule has 0 amide bonds. The largest absolute Gasteiger partial charge is 0.504 e. The molecule has 1 saturated heterocycles. The van der Waals surface area contributed by atoms with Crippen molar-refractivity contribution >= 4 is 5.97 Å². The Labute approximate surface area is 145 Å². The van der Waals surface area contributed by atoms with Crippen molar-refractivity contribution in [3.8, 4) is 11.5 Å². The third-order valence-electron chi connectivity index (χ3n) is 6.15. The molecule has 4 aliphatic rings. The minimum atomic E-state index is -2.17. The van der Waals surface area contributed by atoms with E-state index in [-0.39, 0.29) is 17.7 Å². The number of ether oxygens (including phenoxy) is 2. The molecule has 2 aliphatic heterocycles. The lowest BCUT2D eigenvalue weighted by Crippen LogP contribution is -2.65. The number of likely N-dealkylation sites (tertiary alicyclic amines) is 1. The van der Waals surface area contributed by atoms with Crippen molar-refractivity contribution in [3.63, 3.8) is 0 Å². The zero-order valence-corrected chi connectivity index (χ0v) is 13.4. The van der Waals surface area contributed by atoms with Crippen LogP contribution in [0.25, 0.3) is 0 Å². The van der Waals surface area contributed by atoms with Crippen LogP contribution in [-0.2, 0) is 21.4 Å². The molecule has 3 unspecified atom stereocenters. The number of phenolic OH excluding ortho intramolecular Hbond substituents is 1. The second-order valence-corrected chi connectivity index (χ2v) is 7.23. The molecule has 5 heteroatoms. The van der Waals surface area contributed by atoms with Crippen LogP contribution in [0.4, 0.5) is 0 Å². The predicted molar refractivity (Wildman–Crippen MR) is 87.1 cm³/mol. The summed E-state index contributed by atoms with van der Waals surface area (Å²) in [5, 5.41) is 10.4. The average Bonchev–Trinajstić information content (AvgIpc) is 2.91. The Kier molecular flexibility index (Phi) is 2.18. The zero-order valence-electron chi connectivity index (χ0n) is 16.4. The van der Waals surface area contributed by atoms with Crippen LogP contribution < -0.4 is 4.74 Å². The van der Waals surface area contributed by atoms with Crippen molar-refractivity contribution in [3.05, 3.63) is 35.4 Å². The van der Waals surface area contributed by atoms with Crippen molar-refractivity contribution in [2.24, 2.45) is 5.92 Å². The van der Waals surface area contributed by atoms with Crippen LogP contribution in [0.2, 0.25) is 0 Å². The Hall–Kier alpha value is -2.01. The molecule has 0 saturated carbocycles. The van der Waals surface area contributed by atoms with Gasteiger partial charge in [-0.05, 0) is 44.1 Å². The molecule has 2 aliphatic carbocycles. The molecule has 2 bridgehead atoms. The molecular weight excluding hydrogens is 306 g/mol. The summed E-state index contributed by atoms with van der Waals surface area (Å²) < 4.78 is 35.6. The molecule has 1 N–H and O–H groups in total. The first-order chi connectivity index (χ1) is 12.7. The fourth-order valence-corrected chi connectivity index (χ4v) is 5.33. The second-order valence-electron chi connectivity index (χ2n) is 7.23. The Morgan fingerprint density at radius 3 is 3.17 bits per heavy atom. The van der Waals surface area contributed by atoms with Crippen LogP contribution in [0.1, 0.15) is 28.6 Å². The van der Waals surface area contributed by atoms with Gasteiger partial charge in [0.05, 0.1) is 0 Å². The van der Waals surface area contributed by atoms with Gasteiger partial charge < -0.3 is 19.5 Å². The smallest absolute Gasteiger partial charge is 0.303 e. The summed E-state index contributed by atoms with van der Waals surface area (Å²) in [6.07, 6.45) is 3.96. The predicted octanol–water partition coefficient (Wildman–Crippen LogP) is 1.77. The van der Waals surface area contributed by atoms with Crippen molar-refractivity contribution in [1.82, 2.24) is 4.90 Å². The highest BCUT2D eigenvalue weighted by atomic mass is 16.6. The summed E-state index contributed by atoms with van der Waals surface area (Å²) in [5.41, 5.74) is 1.50. The number of hydrogen-bond acceptors (Lipinski definition) is 5. The van der Waals surface area contributed by atoms with Crippen molar-refractivity contribution in [2.75, 3.05) is 13.5 Å². The highest BCUT2D eigenvalue weighted by molar-refractivity contribution is 5.67. The quantitative estimate of drug-likeness (QED) is 0.628. The standard InChI is InChI=1S/C19H21NO4/c1-10(21)23-15-6-4-12-13-9-11-3-5-14(22)17-16(11)19(12,18(15)24-17)7-8-20(13)2/h3-6,12-13,15,18,22H,7-9H2,1-2H3/t12?,13-,15?,18?,19-/m0/s1/i2D3. The van der Waals surface area contributed by atoms with Crippen molar-refractivity contribution < 1.29 is 23.5 Å². The van der Waals surface area contributed by atoms with Gasteiger partial charge in [-0.2, -0.15) is 0 Å². The Balaban J connectivity index is 1.71. The summed E-state index contributed by atoms with van der Waals surface area (Å²) in [6.45, 7) is -0.394. The number of carbonyl (C=O) groups excluding carboxylic acids is 1. The summed E-state index contributed by atoms with van der Waals surface area (Å²) in [7, 11) is 0. The molecule has 1 fully saturated rings. The van der Waals surface area contributed by atoms with Gasteiger partial charge in [0.25, 0.3) is 0 Å². The number of carbonyl (C=O) groups is 1. The number of esters is 1. The van der Waals surface area contributed by atoms with E-state index in [1.165, 1.54) is 6.92 Å². The first-order valence-electron chi connectivity index (χ1n) is 9.88. The van der Waals surface area contributed by atoms with E-state index in [9.17, 15) is 9.90 Å². The van der Waals surface area contributed by atoms with Crippen LogP contribution in [0.15, 0.2) is 24.3 Å². The van der Waals surface area contributed by atoms with Gasteiger partial charge in [-0.25, -0.2) is 0 Å². The number of benzene rings is 1. The third-order valence-corrected chi connectivity index (χ3v) is 6.15. The molecule has 1 aromatic carbocycles. The minimum Gasteiger partial charge on any atom is -0.504 e. The van der Waals surface area contributed by atoms with E-state index in [4.69, 9.17) is 13.6 Å². The molecule has 0 radical (unpaired) electrons. The normalized spacial score (nSPS) is 40.8. The van der Waals surface area contributed by atoms with Gasteiger partial charge >= 0.3 is 5.97 Å². The van der Waals surface area contributed by atoms with Crippen LogP contribution in [0.3, 0.4) is 0 Å². The first kappa shape index (κ1) is 11.5. The van der Waals surface area contributed by atoms with Gasteiger partial charge in [-0.15, -0.1) is 0 Å². The number of aromatic hydroxyl groups is 1. The van der Waals surface area contributed by atoms with E-state index < -0.39 is 30.6 Å². The molecule has 1 aromatic rings. The number of likely N-dealkylation sites (N-methyl/N-ethyl adjacent to an activating group) is 1. The molecule has 0 aromatic heterocycles. The van der Waals surface area contributed by atoms with Gasteiger partial charge in [0, 0.05) is 34.0 Å². The Morgan fingerprint density at radius 2 is 2.38 bits per heavy atom. The molecule has 1 spiro atoms. The molecule has 5 atom stereocenters. The maximum absolute atomic E-state index is 11.6. The van der Waals surface area contributed by atoms with Crippen LogP contribution >= 0.6 is 0 Å². The number of rotatable bonds is 1. The summed E-state index contributed by atoms with van der Waals surface area (Å²) in [6, 6.07) is 3.29. The topological polar surface area (TPSA) is 59.0 Å². The molecule has 5 rings (SSSR count). The average molecular weight is 330 g/mol. The first-order valence-corrected chi connectivity index (χ1v) is 8.38. The van der Waals surface area contributed by atoms with Gasteiger partial charge in [0.2, 0.25) is 0 Å². The van der Waals surface area contributed by atoms with Gasteiger partial charge in [-0.1, -0.05) is 12.1 Å². The zero-order chi connectivity index (χ0) is 19.1. The SMILES string of the molecule is [2H]C([2H])([2H])N1CC[C@]23c4c5ccc(O)c4OC2C(OC(C)=O)C=CC3[C@@H]1C5. The molecule has 5 nitrogen and oxygen atoms in total. The van der Waals surface area contributed by atoms with E-state index in [1.54, 1.807) is 11.0 Å².